The van der Waals surface area contributed by atoms with Crippen LogP contribution < -0.4 is 5.73 Å². The average Bonchev–Trinajstić information content (AvgIpc) is 2.19. The zero-order valence-corrected chi connectivity index (χ0v) is 9.84. The minimum Gasteiger partial charge on any atom is -0.329 e. The number of benzene rings is 1. The van der Waals surface area contributed by atoms with Crippen molar-refractivity contribution in [2.45, 2.75) is 10.9 Å². The van der Waals surface area contributed by atoms with E-state index in [9.17, 15) is 0 Å². The molecule has 0 radical (unpaired) electrons. The molecule has 3 heteroatoms. The number of hydrogen-bond acceptors (Lipinski definition) is 3. The van der Waals surface area contributed by atoms with Gasteiger partial charge in [-0.15, -0.1) is 11.8 Å². The minimum absolute atomic E-state index is 0.325. The van der Waals surface area contributed by atoms with Crippen LogP contribution in [0.25, 0.3) is 0 Å². The molecule has 1 aromatic rings. The number of likely N-dealkylation sites (N-methyl/N-ethyl adjacent to an activating group) is 1. The molecule has 1 atom stereocenters. The van der Waals surface area contributed by atoms with Crippen LogP contribution in [0.2, 0.25) is 0 Å². The molecular formula is C11H18N2S. The standard InChI is InChI=1S/C11H18N2S/c1-13(2)11(8-12)9-4-6-10(14-3)7-5-9/h4-7,11H,8,12H2,1-3H3/t11-/m0/s1. The van der Waals surface area contributed by atoms with Gasteiger partial charge in [0.1, 0.15) is 0 Å². The highest BCUT2D eigenvalue weighted by Gasteiger charge is 2.10. The van der Waals surface area contributed by atoms with Crippen LogP contribution in [0.5, 0.6) is 0 Å². The van der Waals surface area contributed by atoms with Crippen molar-refractivity contribution in [3.05, 3.63) is 29.8 Å². The third-order valence-electron chi connectivity index (χ3n) is 2.35. The fourth-order valence-corrected chi connectivity index (χ4v) is 1.88. The van der Waals surface area contributed by atoms with Crippen LogP contribution in [0.1, 0.15) is 11.6 Å². The highest BCUT2D eigenvalue weighted by molar-refractivity contribution is 7.98. The maximum atomic E-state index is 5.73. The first-order chi connectivity index (χ1) is 6.69. The van der Waals surface area contributed by atoms with Gasteiger partial charge in [-0.25, -0.2) is 0 Å². The number of nitrogens with two attached hydrogens (primary N) is 1. The molecule has 0 aromatic heterocycles. The molecule has 0 saturated carbocycles. The second-order valence-corrected chi connectivity index (χ2v) is 4.37. The Morgan fingerprint density at radius 3 is 2.21 bits per heavy atom. The normalized spacial score (nSPS) is 13.2. The molecule has 2 nitrogen and oxygen atoms in total. The van der Waals surface area contributed by atoms with Crippen LogP contribution in [-0.4, -0.2) is 31.8 Å². The smallest absolute Gasteiger partial charge is 0.0464 e. The molecule has 0 saturated heterocycles. The van der Waals surface area contributed by atoms with E-state index in [4.69, 9.17) is 5.73 Å². The molecule has 1 rings (SSSR count). The molecule has 0 aliphatic carbocycles. The average molecular weight is 210 g/mol. The summed E-state index contributed by atoms with van der Waals surface area (Å²) in [6.45, 7) is 0.658. The van der Waals surface area contributed by atoms with Gasteiger partial charge in [-0.1, -0.05) is 12.1 Å². The molecule has 0 aliphatic heterocycles. The van der Waals surface area contributed by atoms with Crippen LogP contribution in [0.3, 0.4) is 0 Å². The minimum atomic E-state index is 0.325. The van der Waals surface area contributed by atoms with Gasteiger partial charge in [0, 0.05) is 17.5 Å². The van der Waals surface area contributed by atoms with E-state index in [1.807, 2.05) is 0 Å². The summed E-state index contributed by atoms with van der Waals surface area (Å²) in [5.41, 5.74) is 7.02. The predicted molar refractivity (Wildman–Crippen MR) is 63.7 cm³/mol. The monoisotopic (exact) mass is 210 g/mol. The van der Waals surface area contributed by atoms with E-state index in [0.717, 1.165) is 0 Å². The Morgan fingerprint density at radius 1 is 1.29 bits per heavy atom. The summed E-state index contributed by atoms with van der Waals surface area (Å²) in [6, 6.07) is 8.93. The van der Waals surface area contributed by atoms with Gasteiger partial charge >= 0.3 is 0 Å². The van der Waals surface area contributed by atoms with Gasteiger partial charge < -0.3 is 10.6 Å². The van der Waals surface area contributed by atoms with Crippen LogP contribution in [0.4, 0.5) is 0 Å². The molecule has 0 unspecified atom stereocenters. The maximum Gasteiger partial charge on any atom is 0.0464 e. The molecule has 0 heterocycles. The lowest BCUT2D eigenvalue weighted by Crippen LogP contribution is -2.27. The fourth-order valence-electron chi connectivity index (χ4n) is 1.47. The van der Waals surface area contributed by atoms with Gasteiger partial charge in [0.2, 0.25) is 0 Å². The summed E-state index contributed by atoms with van der Waals surface area (Å²) >= 11 is 1.76. The zero-order valence-electron chi connectivity index (χ0n) is 9.03. The van der Waals surface area contributed by atoms with Gasteiger partial charge in [0.15, 0.2) is 0 Å². The Labute approximate surface area is 90.5 Å². The third kappa shape index (κ3) is 2.74. The molecule has 2 N–H and O–H groups in total. The first-order valence-corrected chi connectivity index (χ1v) is 5.92. The van der Waals surface area contributed by atoms with Gasteiger partial charge in [0.05, 0.1) is 0 Å². The zero-order chi connectivity index (χ0) is 10.6. The van der Waals surface area contributed by atoms with Gasteiger partial charge in [-0.05, 0) is 38.0 Å². The van der Waals surface area contributed by atoms with Crippen molar-refractivity contribution in [3.8, 4) is 0 Å². The second kappa shape index (κ2) is 5.39. The Kier molecular flexibility index (Phi) is 4.45. The van der Waals surface area contributed by atoms with E-state index in [-0.39, 0.29) is 0 Å². The Bertz CT molecular complexity index is 269. The SMILES string of the molecule is CSc1ccc([C@H](CN)N(C)C)cc1. The van der Waals surface area contributed by atoms with Crippen molar-refractivity contribution in [2.75, 3.05) is 26.9 Å². The summed E-state index contributed by atoms with van der Waals surface area (Å²) in [5.74, 6) is 0. The van der Waals surface area contributed by atoms with Crippen molar-refractivity contribution < 1.29 is 0 Å². The molecule has 14 heavy (non-hydrogen) atoms. The van der Waals surface area contributed by atoms with Crippen molar-refractivity contribution in [1.82, 2.24) is 4.90 Å². The van der Waals surface area contributed by atoms with Crippen molar-refractivity contribution in [3.63, 3.8) is 0 Å². The molecule has 0 aliphatic rings. The molecule has 0 amide bonds. The second-order valence-electron chi connectivity index (χ2n) is 3.49. The van der Waals surface area contributed by atoms with Crippen LogP contribution in [0.15, 0.2) is 29.2 Å². The summed E-state index contributed by atoms with van der Waals surface area (Å²) in [5, 5.41) is 0. The lowest BCUT2D eigenvalue weighted by Gasteiger charge is -2.23. The van der Waals surface area contributed by atoms with E-state index in [2.05, 4.69) is 49.5 Å². The first-order valence-electron chi connectivity index (χ1n) is 4.69. The van der Waals surface area contributed by atoms with E-state index in [1.165, 1.54) is 10.5 Å². The summed E-state index contributed by atoms with van der Waals surface area (Å²) in [4.78, 5) is 3.44. The lowest BCUT2D eigenvalue weighted by molar-refractivity contribution is 0.306. The van der Waals surface area contributed by atoms with Crippen LogP contribution >= 0.6 is 11.8 Å². The fraction of sp³-hybridized carbons (Fsp3) is 0.455. The Morgan fingerprint density at radius 2 is 1.86 bits per heavy atom. The summed E-state index contributed by atoms with van der Waals surface area (Å²) in [7, 11) is 4.11. The molecule has 0 fully saturated rings. The molecular weight excluding hydrogens is 192 g/mol. The van der Waals surface area contributed by atoms with E-state index in [0.29, 0.717) is 12.6 Å². The number of hydrogen-bond donors (Lipinski definition) is 1. The van der Waals surface area contributed by atoms with E-state index in [1.54, 1.807) is 11.8 Å². The topological polar surface area (TPSA) is 29.3 Å². The van der Waals surface area contributed by atoms with Gasteiger partial charge in [0.25, 0.3) is 0 Å². The predicted octanol–water partition coefficient (Wildman–Crippen LogP) is 1.97. The van der Waals surface area contributed by atoms with Crippen molar-refractivity contribution in [1.29, 1.82) is 0 Å². The summed E-state index contributed by atoms with van der Waals surface area (Å²) in [6.07, 6.45) is 2.08. The summed E-state index contributed by atoms with van der Waals surface area (Å²) < 4.78 is 0. The molecule has 78 valence electrons. The number of thioether (sulfide) groups is 1. The van der Waals surface area contributed by atoms with Gasteiger partial charge in [-0.3, -0.25) is 0 Å². The van der Waals surface area contributed by atoms with E-state index < -0.39 is 0 Å². The molecule has 0 spiro atoms. The van der Waals surface area contributed by atoms with E-state index >= 15 is 0 Å². The van der Waals surface area contributed by atoms with Crippen LogP contribution in [0, 0.1) is 0 Å². The third-order valence-corrected chi connectivity index (χ3v) is 3.09. The quantitative estimate of drug-likeness (QED) is 0.770. The highest BCUT2D eigenvalue weighted by Crippen LogP contribution is 2.20. The number of rotatable bonds is 4. The highest BCUT2D eigenvalue weighted by atomic mass is 32.2. The molecule has 1 aromatic carbocycles. The lowest BCUT2D eigenvalue weighted by atomic mass is 10.1. The Hall–Kier alpha value is -0.510. The largest absolute Gasteiger partial charge is 0.329 e. The molecule has 0 bridgehead atoms. The van der Waals surface area contributed by atoms with Gasteiger partial charge in [-0.2, -0.15) is 0 Å². The Balaban J connectivity index is 2.84. The maximum absolute atomic E-state index is 5.73. The number of nitrogens with zero attached hydrogens (tertiary/aromatic N) is 1. The van der Waals surface area contributed by atoms with Crippen LogP contribution in [-0.2, 0) is 0 Å². The first kappa shape index (κ1) is 11.6. The van der Waals surface area contributed by atoms with Crippen molar-refractivity contribution in [2.24, 2.45) is 5.73 Å². The van der Waals surface area contributed by atoms with Crippen molar-refractivity contribution >= 4 is 11.8 Å².